The molecule has 2 aromatic heterocycles. The molecule has 0 aliphatic carbocycles. The first-order valence-corrected chi connectivity index (χ1v) is 8.45. The van der Waals surface area contributed by atoms with Crippen molar-refractivity contribution in [1.82, 2.24) is 9.88 Å². The Hall–Kier alpha value is -1.17. The maximum atomic E-state index is 9.97. The Balaban J connectivity index is 1.78. The summed E-state index contributed by atoms with van der Waals surface area (Å²) in [6.45, 7) is 5.64. The van der Waals surface area contributed by atoms with E-state index in [9.17, 15) is 5.11 Å². The number of rotatable bonds is 4. The fourth-order valence-corrected chi connectivity index (χ4v) is 3.68. The third-order valence-electron chi connectivity index (χ3n) is 4.20. The first-order valence-electron chi connectivity index (χ1n) is 7.57. The molecule has 21 heavy (non-hydrogen) atoms. The molecule has 2 aromatic rings. The third kappa shape index (κ3) is 3.20. The summed E-state index contributed by atoms with van der Waals surface area (Å²) in [4.78, 5) is 8.07. The second kappa shape index (κ2) is 6.30. The summed E-state index contributed by atoms with van der Waals surface area (Å²) < 4.78 is 5.81. The van der Waals surface area contributed by atoms with Gasteiger partial charge in [0.15, 0.2) is 0 Å². The van der Waals surface area contributed by atoms with Crippen molar-refractivity contribution >= 4 is 11.3 Å². The van der Waals surface area contributed by atoms with Crippen LogP contribution in [0.25, 0.3) is 10.8 Å². The van der Waals surface area contributed by atoms with E-state index < -0.39 is 0 Å². The number of aryl methyl sites for hydroxylation is 1. The molecule has 0 radical (unpaired) electrons. The van der Waals surface area contributed by atoms with Crippen molar-refractivity contribution in [1.29, 1.82) is 0 Å². The molecular weight excluding hydrogens is 284 g/mol. The van der Waals surface area contributed by atoms with Crippen molar-refractivity contribution in [3.05, 3.63) is 29.0 Å². The minimum atomic E-state index is -0.297. The maximum Gasteiger partial charge on any atom is 0.236 e. The lowest BCUT2D eigenvalue weighted by atomic mass is 9.98. The number of thiophene rings is 1. The minimum absolute atomic E-state index is 0.236. The van der Waals surface area contributed by atoms with Crippen LogP contribution in [0, 0.1) is 6.92 Å². The lowest BCUT2D eigenvalue weighted by molar-refractivity contribution is 0.0308. The van der Waals surface area contributed by atoms with Gasteiger partial charge in [0.25, 0.3) is 0 Å². The zero-order valence-electron chi connectivity index (χ0n) is 12.6. The van der Waals surface area contributed by atoms with Gasteiger partial charge in [0, 0.05) is 12.6 Å². The van der Waals surface area contributed by atoms with Crippen LogP contribution in [0.2, 0.25) is 0 Å². The largest absolute Gasteiger partial charge is 0.440 e. The summed E-state index contributed by atoms with van der Waals surface area (Å²) in [6, 6.07) is 4.27. The second-order valence-electron chi connectivity index (χ2n) is 5.77. The molecular formula is C16H22N2O2S. The average Bonchev–Trinajstić information content (AvgIpc) is 3.10. The quantitative estimate of drug-likeness (QED) is 0.940. The van der Waals surface area contributed by atoms with Crippen LogP contribution in [0.15, 0.2) is 21.9 Å². The van der Waals surface area contributed by atoms with Gasteiger partial charge < -0.3 is 9.52 Å². The van der Waals surface area contributed by atoms with Gasteiger partial charge in [0.2, 0.25) is 5.89 Å². The highest BCUT2D eigenvalue weighted by Crippen LogP contribution is 2.28. The topological polar surface area (TPSA) is 49.5 Å². The van der Waals surface area contributed by atoms with Gasteiger partial charge in [-0.3, -0.25) is 4.90 Å². The van der Waals surface area contributed by atoms with Crippen LogP contribution in [0.4, 0.5) is 0 Å². The SMILES string of the molecule is Cc1oc(-c2cccs2)nc1CN1CCCCC1C(C)O. The zero-order chi connectivity index (χ0) is 14.8. The van der Waals surface area contributed by atoms with E-state index in [4.69, 9.17) is 4.42 Å². The Kier molecular flexibility index (Phi) is 4.42. The lowest BCUT2D eigenvalue weighted by Crippen LogP contribution is -2.45. The normalized spacial score (nSPS) is 21.6. The second-order valence-corrected chi connectivity index (χ2v) is 6.72. The number of hydrogen-bond donors (Lipinski definition) is 1. The van der Waals surface area contributed by atoms with Gasteiger partial charge >= 0.3 is 0 Å². The van der Waals surface area contributed by atoms with Crippen LogP contribution in [0.5, 0.6) is 0 Å². The number of nitrogens with zero attached hydrogens (tertiary/aromatic N) is 2. The van der Waals surface area contributed by atoms with Gasteiger partial charge in [-0.15, -0.1) is 11.3 Å². The number of likely N-dealkylation sites (tertiary alicyclic amines) is 1. The van der Waals surface area contributed by atoms with Crippen molar-refractivity contribution in [3.8, 4) is 10.8 Å². The van der Waals surface area contributed by atoms with Crippen LogP contribution >= 0.6 is 11.3 Å². The third-order valence-corrected chi connectivity index (χ3v) is 5.06. The minimum Gasteiger partial charge on any atom is -0.440 e. The maximum absolute atomic E-state index is 9.97. The van der Waals surface area contributed by atoms with E-state index in [0.717, 1.165) is 35.8 Å². The van der Waals surface area contributed by atoms with Gasteiger partial charge in [-0.05, 0) is 44.7 Å². The first kappa shape index (κ1) is 14.8. The van der Waals surface area contributed by atoms with Crippen molar-refractivity contribution in [2.45, 2.75) is 51.8 Å². The Labute approximate surface area is 129 Å². The molecule has 3 heterocycles. The molecule has 2 unspecified atom stereocenters. The fourth-order valence-electron chi connectivity index (χ4n) is 3.03. The molecule has 0 spiro atoms. The van der Waals surface area contributed by atoms with Crippen molar-refractivity contribution < 1.29 is 9.52 Å². The number of piperidine rings is 1. The highest BCUT2D eigenvalue weighted by Gasteiger charge is 2.27. The molecule has 1 aliphatic rings. The smallest absolute Gasteiger partial charge is 0.236 e. The molecule has 0 bridgehead atoms. The summed E-state index contributed by atoms with van der Waals surface area (Å²) in [5, 5.41) is 12.0. The Morgan fingerprint density at radius 1 is 1.52 bits per heavy atom. The Morgan fingerprint density at radius 2 is 2.38 bits per heavy atom. The van der Waals surface area contributed by atoms with E-state index >= 15 is 0 Å². The van der Waals surface area contributed by atoms with Crippen molar-refractivity contribution in [2.24, 2.45) is 0 Å². The van der Waals surface area contributed by atoms with Crippen molar-refractivity contribution in [2.75, 3.05) is 6.54 Å². The number of oxazole rings is 1. The molecule has 0 aromatic carbocycles. The highest BCUT2D eigenvalue weighted by atomic mass is 32.1. The summed E-state index contributed by atoms with van der Waals surface area (Å²) in [5.41, 5.74) is 0.992. The van der Waals surface area contributed by atoms with E-state index in [0.29, 0.717) is 5.89 Å². The van der Waals surface area contributed by atoms with Crippen molar-refractivity contribution in [3.63, 3.8) is 0 Å². The van der Waals surface area contributed by atoms with Crippen LogP contribution in [0.3, 0.4) is 0 Å². The molecule has 1 saturated heterocycles. The van der Waals surface area contributed by atoms with E-state index in [1.807, 2.05) is 31.4 Å². The Morgan fingerprint density at radius 3 is 3.10 bits per heavy atom. The van der Waals surface area contributed by atoms with Gasteiger partial charge in [0.1, 0.15) is 5.76 Å². The fraction of sp³-hybridized carbons (Fsp3) is 0.562. The van der Waals surface area contributed by atoms with Crippen LogP contribution in [-0.4, -0.2) is 33.7 Å². The first-order chi connectivity index (χ1) is 10.1. The van der Waals surface area contributed by atoms with E-state index in [1.165, 1.54) is 12.8 Å². The number of aromatic nitrogens is 1. The molecule has 114 valence electrons. The van der Waals surface area contributed by atoms with Gasteiger partial charge in [-0.1, -0.05) is 12.5 Å². The monoisotopic (exact) mass is 306 g/mol. The molecule has 0 saturated carbocycles. The van der Waals surface area contributed by atoms with E-state index in [-0.39, 0.29) is 12.1 Å². The van der Waals surface area contributed by atoms with Crippen LogP contribution < -0.4 is 0 Å². The average molecular weight is 306 g/mol. The van der Waals surface area contributed by atoms with E-state index in [1.54, 1.807) is 11.3 Å². The zero-order valence-corrected chi connectivity index (χ0v) is 13.4. The molecule has 1 N–H and O–H groups in total. The summed E-state index contributed by atoms with van der Waals surface area (Å²) in [5.74, 6) is 1.59. The summed E-state index contributed by atoms with van der Waals surface area (Å²) >= 11 is 1.64. The molecule has 1 fully saturated rings. The molecule has 0 amide bonds. The predicted octanol–water partition coefficient (Wildman–Crippen LogP) is 3.45. The van der Waals surface area contributed by atoms with Crippen LogP contribution in [-0.2, 0) is 6.54 Å². The molecule has 5 heteroatoms. The highest BCUT2D eigenvalue weighted by molar-refractivity contribution is 7.13. The number of hydrogen-bond acceptors (Lipinski definition) is 5. The van der Waals surface area contributed by atoms with Gasteiger partial charge in [-0.2, -0.15) is 0 Å². The molecule has 3 rings (SSSR count). The standard InChI is InChI=1S/C16H22N2O2S/c1-11(19)14-6-3-4-8-18(14)10-13-12(2)20-16(17-13)15-7-5-9-21-15/h5,7,9,11,14,19H,3-4,6,8,10H2,1-2H3. The number of aliphatic hydroxyl groups excluding tert-OH is 1. The number of aliphatic hydroxyl groups is 1. The lowest BCUT2D eigenvalue weighted by Gasteiger charge is -2.37. The molecule has 2 atom stereocenters. The summed E-state index contributed by atoms with van der Waals surface area (Å²) in [7, 11) is 0. The Bertz CT molecular complexity index is 577. The van der Waals surface area contributed by atoms with Crippen LogP contribution in [0.1, 0.15) is 37.6 Å². The predicted molar refractivity (Wildman–Crippen MR) is 84.3 cm³/mol. The summed E-state index contributed by atoms with van der Waals surface area (Å²) in [6.07, 6.45) is 3.16. The van der Waals surface area contributed by atoms with Gasteiger partial charge in [-0.25, -0.2) is 4.98 Å². The molecule has 1 aliphatic heterocycles. The van der Waals surface area contributed by atoms with E-state index in [2.05, 4.69) is 9.88 Å². The van der Waals surface area contributed by atoms with Gasteiger partial charge in [0.05, 0.1) is 16.7 Å². The molecule has 4 nitrogen and oxygen atoms in total.